The second-order valence-electron chi connectivity index (χ2n) is 9.87. The molecule has 3 fully saturated rings. The van der Waals surface area contributed by atoms with Crippen LogP contribution < -0.4 is 10.6 Å². The number of nitrogens with one attached hydrogen (secondary N) is 2. The highest BCUT2D eigenvalue weighted by molar-refractivity contribution is 8.02. The van der Waals surface area contributed by atoms with Crippen LogP contribution >= 0.6 is 11.8 Å². The van der Waals surface area contributed by atoms with E-state index in [4.69, 9.17) is 5.11 Å². The highest BCUT2D eigenvalue weighted by Gasteiger charge is 2.75. The van der Waals surface area contributed by atoms with Crippen LogP contribution in [0.5, 0.6) is 0 Å². The first-order chi connectivity index (χ1) is 16.5. The zero-order valence-electron chi connectivity index (χ0n) is 20.2. The summed E-state index contributed by atoms with van der Waals surface area (Å²) in [5.74, 6) is -1.04. The van der Waals surface area contributed by atoms with Crippen LogP contribution in [-0.4, -0.2) is 63.5 Å². The van der Waals surface area contributed by atoms with Crippen LogP contribution in [0.1, 0.15) is 52.4 Å². The molecule has 4 rings (SSSR count). The van der Waals surface area contributed by atoms with Crippen molar-refractivity contribution in [1.29, 1.82) is 0 Å². The lowest BCUT2D eigenvalue weighted by Gasteiger charge is -2.38. The van der Waals surface area contributed by atoms with Crippen molar-refractivity contribution in [2.75, 3.05) is 25.0 Å². The van der Waals surface area contributed by atoms with Gasteiger partial charge in [0.05, 0.1) is 16.6 Å². The lowest BCUT2D eigenvalue weighted by atomic mass is 9.66. The molecular formula is C26H37N3O4S. The maximum atomic E-state index is 13.9. The smallest absolute Gasteiger partial charge is 0.244 e. The molecule has 1 aromatic carbocycles. The van der Waals surface area contributed by atoms with E-state index in [9.17, 15) is 14.4 Å². The molecule has 8 heteroatoms. The molecule has 3 N–H and O–H groups in total. The minimum Gasteiger partial charge on any atom is -0.396 e. The molecule has 1 aromatic rings. The van der Waals surface area contributed by atoms with Gasteiger partial charge < -0.3 is 20.6 Å². The van der Waals surface area contributed by atoms with E-state index < -0.39 is 22.6 Å². The van der Waals surface area contributed by atoms with E-state index in [-0.39, 0.29) is 35.5 Å². The Morgan fingerprint density at radius 1 is 1.15 bits per heavy atom. The van der Waals surface area contributed by atoms with Crippen molar-refractivity contribution in [1.82, 2.24) is 10.2 Å². The molecule has 186 valence electrons. The molecule has 0 aliphatic carbocycles. The van der Waals surface area contributed by atoms with E-state index in [0.717, 1.165) is 37.8 Å². The van der Waals surface area contributed by atoms with E-state index in [1.54, 1.807) is 16.7 Å². The van der Waals surface area contributed by atoms with E-state index in [2.05, 4.69) is 24.5 Å². The maximum Gasteiger partial charge on any atom is 0.244 e. The topological polar surface area (TPSA) is 98.7 Å². The summed E-state index contributed by atoms with van der Waals surface area (Å²) in [6.07, 6.45) is 4.92. The standard InChI is InChI=1S/C26H37N3O4S/c1-3-4-13-27-24(32)22-26-17(2)16-19(34-26)20(23(31)28-18-11-7-5-8-12-18)21(26)25(33)29(22)14-9-6-10-15-30/h5,7-8,11-12,17,19-22,30H,3-4,6,9-10,13-16H2,1-2H3,(H,27,32)(H,28,31)/t17?,19-,20+,21+,22?,26?/m1/s1. The number of unbranched alkanes of at least 4 members (excludes halogenated alkanes) is 3. The summed E-state index contributed by atoms with van der Waals surface area (Å²) in [6, 6.07) is 8.79. The van der Waals surface area contributed by atoms with Crippen LogP contribution in [-0.2, 0) is 14.4 Å². The minimum atomic E-state index is -0.576. The van der Waals surface area contributed by atoms with Gasteiger partial charge in [-0.1, -0.05) is 38.5 Å². The third-order valence-corrected chi connectivity index (χ3v) is 9.80. The van der Waals surface area contributed by atoms with Crippen molar-refractivity contribution in [3.63, 3.8) is 0 Å². The fourth-order valence-electron chi connectivity index (χ4n) is 6.16. The van der Waals surface area contributed by atoms with Crippen LogP contribution in [0.2, 0.25) is 0 Å². The molecule has 3 aliphatic rings. The van der Waals surface area contributed by atoms with E-state index in [1.807, 2.05) is 30.3 Å². The Labute approximate surface area is 206 Å². The van der Waals surface area contributed by atoms with Gasteiger partial charge in [0.1, 0.15) is 6.04 Å². The largest absolute Gasteiger partial charge is 0.396 e. The second-order valence-corrected chi connectivity index (χ2v) is 11.4. The number of likely N-dealkylation sites (tertiary alicyclic amines) is 1. The summed E-state index contributed by atoms with van der Waals surface area (Å²) < 4.78 is -0.576. The Morgan fingerprint density at radius 2 is 1.91 bits per heavy atom. The van der Waals surface area contributed by atoms with Gasteiger partial charge in [-0.3, -0.25) is 14.4 Å². The minimum absolute atomic E-state index is 0.0372. The number of amides is 3. The zero-order chi connectivity index (χ0) is 24.3. The molecule has 7 nitrogen and oxygen atoms in total. The first-order valence-corrected chi connectivity index (χ1v) is 13.6. The van der Waals surface area contributed by atoms with Crippen molar-refractivity contribution in [2.24, 2.45) is 17.8 Å². The van der Waals surface area contributed by atoms with Crippen LogP contribution in [0.3, 0.4) is 0 Å². The van der Waals surface area contributed by atoms with Gasteiger partial charge in [-0.25, -0.2) is 0 Å². The summed E-state index contributed by atoms with van der Waals surface area (Å²) in [6.45, 7) is 5.42. The number of nitrogens with zero attached hydrogens (tertiary/aromatic N) is 1. The Balaban J connectivity index is 1.62. The lowest BCUT2D eigenvalue weighted by molar-refractivity contribution is -0.139. The van der Waals surface area contributed by atoms with E-state index in [0.29, 0.717) is 19.5 Å². The number of thioether (sulfide) groups is 1. The maximum absolute atomic E-state index is 13.9. The monoisotopic (exact) mass is 487 g/mol. The molecular weight excluding hydrogens is 450 g/mol. The number of hydrogen-bond acceptors (Lipinski definition) is 5. The molecule has 0 aromatic heterocycles. The molecule has 0 saturated carbocycles. The number of fused-ring (bicyclic) bond motifs is 1. The molecule has 6 atom stereocenters. The number of aliphatic hydroxyl groups excluding tert-OH is 1. The molecule has 0 radical (unpaired) electrons. The number of carbonyl (C=O) groups is 3. The SMILES string of the molecule is CCCCNC(=O)C1N(CCCCCO)C(=O)[C@@H]2[C@@H](C(=O)Nc3ccccc3)[C@H]3CC(C)C12S3. The van der Waals surface area contributed by atoms with Crippen molar-refractivity contribution in [3.05, 3.63) is 30.3 Å². The summed E-state index contributed by atoms with van der Waals surface area (Å²) in [4.78, 5) is 42.7. The van der Waals surface area contributed by atoms with Gasteiger partial charge in [-0.2, -0.15) is 0 Å². The predicted octanol–water partition coefficient (Wildman–Crippen LogP) is 3.04. The third kappa shape index (κ3) is 4.35. The molecule has 3 unspecified atom stereocenters. The van der Waals surface area contributed by atoms with Gasteiger partial charge in [0.2, 0.25) is 17.7 Å². The fourth-order valence-corrected chi connectivity index (χ4v) is 8.59. The normalized spacial score (nSPS) is 31.6. The summed E-state index contributed by atoms with van der Waals surface area (Å²) in [7, 11) is 0. The van der Waals surface area contributed by atoms with Gasteiger partial charge in [-0.05, 0) is 50.2 Å². The van der Waals surface area contributed by atoms with Gasteiger partial charge in [0, 0.05) is 30.6 Å². The molecule has 3 amide bonds. The zero-order valence-corrected chi connectivity index (χ0v) is 21.0. The molecule has 2 bridgehead atoms. The average Bonchev–Trinajstić information content (AvgIpc) is 3.41. The number of hydrogen-bond donors (Lipinski definition) is 3. The second kappa shape index (κ2) is 10.7. The first kappa shape index (κ1) is 25.0. The number of benzene rings is 1. The fraction of sp³-hybridized carbons (Fsp3) is 0.654. The van der Waals surface area contributed by atoms with Crippen LogP contribution in [0.4, 0.5) is 5.69 Å². The van der Waals surface area contributed by atoms with Crippen molar-refractivity contribution in [3.8, 4) is 0 Å². The van der Waals surface area contributed by atoms with Gasteiger partial charge in [0.25, 0.3) is 0 Å². The Bertz CT molecular complexity index is 897. The predicted molar refractivity (Wildman–Crippen MR) is 134 cm³/mol. The highest BCUT2D eigenvalue weighted by atomic mass is 32.2. The number of aliphatic hydroxyl groups is 1. The van der Waals surface area contributed by atoms with Crippen molar-refractivity contribution < 1.29 is 19.5 Å². The summed E-state index contributed by atoms with van der Waals surface area (Å²) in [5, 5.41) is 15.3. The summed E-state index contributed by atoms with van der Waals surface area (Å²) in [5.41, 5.74) is 0.725. The van der Waals surface area contributed by atoms with Gasteiger partial charge in [0.15, 0.2) is 0 Å². The van der Waals surface area contributed by atoms with Crippen LogP contribution in [0, 0.1) is 17.8 Å². The van der Waals surface area contributed by atoms with E-state index >= 15 is 0 Å². The van der Waals surface area contributed by atoms with Crippen molar-refractivity contribution in [2.45, 2.75) is 68.4 Å². The number of rotatable bonds is 11. The van der Waals surface area contributed by atoms with Crippen LogP contribution in [0.25, 0.3) is 0 Å². The number of carbonyl (C=O) groups excluding carboxylic acids is 3. The van der Waals surface area contributed by atoms with Crippen LogP contribution in [0.15, 0.2) is 30.3 Å². The van der Waals surface area contributed by atoms with Gasteiger partial charge in [-0.15, -0.1) is 11.8 Å². The molecule has 3 saturated heterocycles. The Hall–Kier alpha value is -2.06. The Kier molecular flexibility index (Phi) is 7.87. The van der Waals surface area contributed by atoms with Crippen molar-refractivity contribution >= 4 is 35.2 Å². The molecule has 1 spiro atoms. The number of anilines is 1. The lowest BCUT2D eigenvalue weighted by Crippen LogP contribution is -2.56. The molecule has 3 heterocycles. The third-order valence-electron chi connectivity index (χ3n) is 7.72. The Morgan fingerprint density at radius 3 is 2.62 bits per heavy atom. The molecule has 34 heavy (non-hydrogen) atoms. The van der Waals surface area contributed by atoms with Gasteiger partial charge >= 0.3 is 0 Å². The van der Waals surface area contributed by atoms with E-state index in [1.165, 1.54) is 0 Å². The first-order valence-electron chi connectivity index (χ1n) is 12.7. The number of para-hydroxylation sites is 1. The average molecular weight is 488 g/mol. The summed E-state index contributed by atoms with van der Waals surface area (Å²) >= 11 is 1.71. The molecule has 3 aliphatic heterocycles. The quantitative estimate of drug-likeness (QED) is 0.417. The highest BCUT2D eigenvalue weighted by Crippen LogP contribution is 2.68.